The first kappa shape index (κ1) is 10.9. The first-order chi connectivity index (χ1) is 6.20. The van der Waals surface area contributed by atoms with Crippen LogP contribution in [-0.4, -0.2) is 58.2 Å². The predicted molar refractivity (Wildman–Crippen MR) is 49.4 cm³/mol. The Morgan fingerprint density at radius 3 is 2.62 bits per heavy atom. The quantitative estimate of drug-likeness (QED) is 0.543. The maximum atomic E-state index is 9.58. The first-order valence-electron chi connectivity index (χ1n) is 4.91. The predicted octanol–water partition coefficient (Wildman–Crippen LogP) is -0.815. The Labute approximate surface area is 78.8 Å². The van der Waals surface area contributed by atoms with Crippen molar-refractivity contribution in [1.29, 1.82) is 0 Å². The molecule has 4 nitrogen and oxygen atoms in total. The van der Waals surface area contributed by atoms with E-state index in [-0.39, 0.29) is 12.6 Å². The normalized spacial score (nSPS) is 36.5. The molecule has 0 unspecified atom stereocenters. The van der Waals surface area contributed by atoms with Crippen LogP contribution in [0.1, 0.15) is 19.8 Å². The van der Waals surface area contributed by atoms with Crippen molar-refractivity contribution in [3.05, 3.63) is 0 Å². The highest BCUT2D eigenvalue weighted by Gasteiger charge is 2.34. The zero-order chi connectivity index (χ0) is 9.84. The Bertz CT molecular complexity index is 154. The number of likely N-dealkylation sites (tertiary alicyclic amines) is 1. The SMILES string of the molecule is CCCN1CC[C@@H](O)[C@@H](O)[C@@H]1CO. The van der Waals surface area contributed by atoms with Crippen LogP contribution < -0.4 is 0 Å². The van der Waals surface area contributed by atoms with Crippen LogP contribution in [0.2, 0.25) is 0 Å². The molecule has 0 aromatic rings. The van der Waals surface area contributed by atoms with Gasteiger partial charge in [0.1, 0.15) is 0 Å². The number of aliphatic hydroxyl groups excluding tert-OH is 3. The zero-order valence-corrected chi connectivity index (χ0v) is 8.06. The Morgan fingerprint density at radius 2 is 2.08 bits per heavy atom. The van der Waals surface area contributed by atoms with Crippen molar-refractivity contribution in [1.82, 2.24) is 4.90 Å². The number of hydrogen-bond acceptors (Lipinski definition) is 4. The van der Waals surface area contributed by atoms with Gasteiger partial charge in [-0.25, -0.2) is 0 Å². The van der Waals surface area contributed by atoms with Gasteiger partial charge in [-0.3, -0.25) is 4.90 Å². The summed E-state index contributed by atoms with van der Waals surface area (Å²) in [5, 5.41) is 28.0. The number of hydrogen-bond donors (Lipinski definition) is 3. The lowest BCUT2D eigenvalue weighted by molar-refractivity contribution is -0.0892. The van der Waals surface area contributed by atoms with E-state index in [0.717, 1.165) is 19.5 Å². The fourth-order valence-electron chi connectivity index (χ4n) is 1.90. The van der Waals surface area contributed by atoms with Crippen molar-refractivity contribution >= 4 is 0 Å². The molecule has 1 heterocycles. The van der Waals surface area contributed by atoms with E-state index >= 15 is 0 Å². The molecule has 0 spiro atoms. The lowest BCUT2D eigenvalue weighted by Gasteiger charge is -2.40. The zero-order valence-electron chi connectivity index (χ0n) is 8.06. The summed E-state index contributed by atoms with van der Waals surface area (Å²) in [6.07, 6.45) is 0.118. The molecule has 1 aliphatic heterocycles. The van der Waals surface area contributed by atoms with Gasteiger partial charge in [-0.05, 0) is 19.4 Å². The maximum absolute atomic E-state index is 9.58. The van der Waals surface area contributed by atoms with Crippen LogP contribution in [0.25, 0.3) is 0 Å². The van der Waals surface area contributed by atoms with Crippen molar-refractivity contribution in [3.8, 4) is 0 Å². The smallest absolute Gasteiger partial charge is 0.0976 e. The van der Waals surface area contributed by atoms with E-state index in [1.807, 2.05) is 4.90 Å². The standard InChI is InChI=1S/C9H19NO3/c1-2-4-10-5-3-8(12)9(13)7(10)6-11/h7-9,11-13H,2-6H2,1H3/t7-,8+,9-/m0/s1. The van der Waals surface area contributed by atoms with E-state index in [1.165, 1.54) is 0 Å². The van der Waals surface area contributed by atoms with Gasteiger partial charge in [0.2, 0.25) is 0 Å². The van der Waals surface area contributed by atoms with Crippen LogP contribution in [0.4, 0.5) is 0 Å². The monoisotopic (exact) mass is 189 g/mol. The largest absolute Gasteiger partial charge is 0.395 e. The van der Waals surface area contributed by atoms with Gasteiger partial charge in [-0.2, -0.15) is 0 Å². The molecule has 1 aliphatic rings. The van der Waals surface area contributed by atoms with E-state index in [4.69, 9.17) is 5.11 Å². The Kier molecular flexibility index (Phi) is 4.12. The number of aliphatic hydroxyl groups is 3. The highest BCUT2D eigenvalue weighted by atomic mass is 16.3. The summed E-state index contributed by atoms with van der Waals surface area (Å²) in [4.78, 5) is 2.04. The third kappa shape index (κ3) is 2.40. The second-order valence-corrected chi connectivity index (χ2v) is 3.63. The first-order valence-corrected chi connectivity index (χ1v) is 4.91. The third-order valence-corrected chi connectivity index (χ3v) is 2.67. The molecule has 1 rings (SSSR count). The Morgan fingerprint density at radius 1 is 1.38 bits per heavy atom. The minimum Gasteiger partial charge on any atom is -0.395 e. The van der Waals surface area contributed by atoms with Crippen LogP contribution in [0.5, 0.6) is 0 Å². The van der Waals surface area contributed by atoms with E-state index in [9.17, 15) is 10.2 Å². The molecule has 1 saturated heterocycles. The molecule has 0 saturated carbocycles. The minimum absolute atomic E-state index is 0.0851. The molecule has 0 amide bonds. The Hall–Kier alpha value is -0.160. The molecular formula is C9H19NO3. The van der Waals surface area contributed by atoms with Crippen molar-refractivity contribution in [3.63, 3.8) is 0 Å². The molecule has 4 heteroatoms. The van der Waals surface area contributed by atoms with Crippen LogP contribution in [0, 0.1) is 0 Å². The van der Waals surface area contributed by atoms with Gasteiger partial charge in [0.25, 0.3) is 0 Å². The molecule has 0 aromatic carbocycles. The molecular weight excluding hydrogens is 170 g/mol. The summed E-state index contributed by atoms with van der Waals surface area (Å²) in [6, 6.07) is -0.288. The van der Waals surface area contributed by atoms with Crippen LogP contribution in [0.3, 0.4) is 0 Å². The lowest BCUT2D eigenvalue weighted by atomic mass is 9.96. The summed E-state index contributed by atoms with van der Waals surface area (Å²) >= 11 is 0. The molecule has 13 heavy (non-hydrogen) atoms. The molecule has 1 fully saturated rings. The summed E-state index contributed by atoms with van der Waals surface area (Å²) in [5.41, 5.74) is 0. The second kappa shape index (κ2) is 4.91. The molecule has 0 aliphatic carbocycles. The fourth-order valence-corrected chi connectivity index (χ4v) is 1.90. The van der Waals surface area contributed by atoms with E-state index in [2.05, 4.69) is 6.92 Å². The molecule has 0 radical (unpaired) electrons. The summed E-state index contributed by atoms with van der Waals surface area (Å²) in [5.74, 6) is 0. The number of nitrogens with zero attached hydrogens (tertiary/aromatic N) is 1. The average molecular weight is 189 g/mol. The molecule has 0 bridgehead atoms. The third-order valence-electron chi connectivity index (χ3n) is 2.67. The van der Waals surface area contributed by atoms with Crippen LogP contribution >= 0.6 is 0 Å². The van der Waals surface area contributed by atoms with Crippen LogP contribution in [-0.2, 0) is 0 Å². The van der Waals surface area contributed by atoms with Gasteiger partial charge in [0, 0.05) is 6.54 Å². The van der Waals surface area contributed by atoms with Crippen molar-refractivity contribution < 1.29 is 15.3 Å². The van der Waals surface area contributed by atoms with Gasteiger partial charge in [-0.15, -0.1) is 0 Å². The van der Waals surface area contributed by atoms with Crippen LogP contribution in [0.15, 0.2) is 0 Å². The van der Waals surface area contributed by atoms with Gasteiger partial charge in [0.05, 0.1) is 24.9 Å². The van der Waals surface area contributed by atoms with Crippen molar-refractivity contribution in [2.45, 2.75) is 38.0 Å². The molecule has 78 valence electrons. The maximum Gasteiger partial charge on any atom is 0.0976 e. The van der Waals surface area contributed by atoms with Gasteiger partial charge in [0.15, 0.2) is 0 Å². The lowest BCUT2D eigenvalue weighted by Crippen LogP contribution is -2.56. The van der Waals surface area contributed by atoms with Crippen molar-refractivity contribution in [2.75, 3.05) is 19.7 Å². The highest BCUT2D eigenvalue weighted by molar-refractivity contribution is 4.88. The van der Waals surface area contributed by atoms with Crippen molar-refractivity contribution in [2.24, 2.45) is 0 Å². The average Bonchev–Trinajstić information content (AvgIpc) is 2.12. The summed E-state index contributed by atoms with van der Waals surface area (Å²) in [6.45, 7) is 3.61. The molecule has 3 atom stereocenters. The Balaban J connectivity index is 2.55. The van der Waals surface area contributed by atoms with Gasteiger partial charge in [-0.1, -0.05) is 6.92 Å². The number of piperidine rings is 1. The van der Waals surface area contributed by atoms with Gasteiger partial charge >= 0.3 is 0 Å². The number of rotatable bonds is 3. The van der Waals surface area contributed by atoms with E-state index in [1.54, 1.807) is 0 Å². The fraction of sp³-hybridized carbons (Fsp3) is 1.00. The van der Waals surface area contributed by atoms with E-state index < -0.39 is 12.2 Å². The molecule has 3 N–H and O–H groups in total. The second-order valence-electron chi connectivity index (χ2n) is 3.63. The highest BCUT2D eigenvalue weighted by Crippen LogP contribution is 2.18. The van der Waals surface area contributed by atoms with E-state index in [0.29, 0.717) is 6.42 Å². The molecule has 0 aromatic heterocycles. The summed E-state index contributed by atoms with van der Waals surface area (Å²) in [7, 11) is 0. The topological polar surface area (TPSA) is 63.9 Å². The van der Waals surface area contributed by atoms with Gasteiger partial charge < -0.3 is 15.3 Å². The minimum atomic E-state index is -0.801. The summed E-state index contributed by atoms with van der Waals surface area (Å²) < 4.78 is 0.